The summed E-state index contributed by atoms with van der Waals surface area (Å²) in [6.45, 7) is -0.146. The van der Waals surface area contributed by atoms with E-state index in [1.807, 2.05) is 54.6 Å². The third-order valence-electron chi connectivity index (χ3n) is 5.26. The second-order valence-electron chi connectivity index (χ2n) is 7.43. The van der Waals surface area contributed by atoms with E-state index in [2.05, 4.69) is 5.32 Å². The molecule has 0 aliphatic heterocycles. The van der Waals surface area contributed by atoms with Gasteiger partial charge in [0.05, 0.1) is 12.3 Å². The maximum Gasteiger partial charge on any atom is 0.328 e. The van der Waals surface area contributed by atoms with Crippen LogP contribution in [-0.2, 0) is 11.4 Å². The summed E-state index contributed by atoms with van der Waals surface area (Å²) < 4.78 is 14.4. The smallest absolute Gasteiger partial charge is 0.328 e. The first kappa shape index (κ1) is 21.9. The van der Waals surface area contributed by atoms with Gasteiger partial charge in [0.15, 0.2) is 0 Å². The summed E-state index contributed by atoms with van der Waals surface area (Å²) in [4.78, 5) is 24.0. The van der Waals surface area contributed by atoms with Crippen molar-refractivity contribution in [1.29, 1.82) is 0 Å². The molecule has 5 nitrogen and oxygen atoms in total. The number of carbonyl (C=O) groups excluding carboxylic acids is 1. The lowest BCUT2D eigenvalue weighted by molar-refractivity contribution is -0.131. The Morgan fingerprint density at radius 3 is 2.48 bits per heavy atom. The fraction of sp³-hybridized carbons (Fsp3) is 0.0370. The normalized spacial score (nSPS) is 11.1. The molecule has 0 aromatic heterocycles. The Balaban J connectivity index is 1.77. The van der Waals surface area contributed by atoms with E-state index in [1.165, 1.54) is 24.3 Å². The highest BCUT2D eigenvalue weighted by Gasteiger charge is 2.16. The molecule has 0 saturated heterocycles. The van der Waals surface area contributed by atoms with Crippen molar-refractivity contribution < 1.29 is 24.2 Å². The maximum absolute atomic E-state index is 14.4. The van der Waals surface area contributed by atoms with Gasteiger partial charge < -0.3 is 15.5 Å². The van der Waals surface area contributed by atoms with Crippen LogP contribution in [0.15, 0.2) is 84.9 Å². The summed E-state index contributed by atoms with van der Waals surface area (Å²) in [5.41, 5.74) is 3.00. The molecule has 0 radical (unpaired) electrons. The van der Waals surface area contributed by atoms with E-state index in [4.69, 9.17) is 5.11 Å². The molecule has 1 amide bonds. The Hall–Kier alpha value is -4.29. The number of anilines is 1. The number of aliphatic hydroxyl groups excluding tert-OH is 1. The van der Waals surface area contributed by atoms with E-state index in [0.29, 0.717) is 16.5 Å². The SMILES string of the molecule is O=C(O)/C=C/c1ccc(F)c(NC(=O)c2cc(-c3ccccc3CO)cc3ccccc23)c1. The monoisotopic (exact) mass is 441 g/mol. The summed E-state index contributed by atoms with van der Waals surface area (Å²) in [6, 6.07) is 22.4. The second-order valence-corrected chi connectivity index (χ2v) is 7.43. The summed E-state index contributed by atoms with van der Waals surface area (Å²) in [5.74, 6) is -2.27. The van der Waals surface area contributed by atoms with Crippen LogP contribution in [0, 0.1) is 5.82 Å². The van der Waals surface area contributed by atoms with E-state index in [1.54, 1.807) is 6.07 Å². The predicted octanol–water partition coefficient (Wildman–Crippen LogP) is 5.49. The highest BCUT2D eigenvalue weighted by Crippen LogP contribution is 2.31. The Morgan fingerprint density at radius 2 is 1.70 bits per heavy atom. The van der Waals surface area contributed by atoms with E-state index in [0.717, 1.165) is 28.2 Å². The first-order chi connectivity index (χ1) is 16.0. The van der Waals surface area contributed by atoms with Crippen LogP contribution in [0.3, 0.4) is 0 Å². The number of nitrogens with one attached hydrogen (secondary N) is 1. The van der Waals surface area contributed by atoms with Crippen molar-refractivity contribution >= 4 is 34.4 Å². The molecule has 0 aliphatic rings. The van der Waals surface area contributed by atoms with Crippen LogP contribution in [0.4, 0.5) is 10.1 Å². The molecule has 0 fully saturated rings. The van der Waals surface area contributed by atoms with Gasteiger partial charge in [0.2, 0.25) is 0 Å². The Kier molecular flexibility index (Phi) is 6.29. The van der Waals surface area contributed by atoms with Crippen LogP contribution >= 0.6 is 0 Å². The van der Waals surface area contributed by atoms with Crippen LogP contribution < -0.4 is 5.32 Å². The maximum atomic E-state index is 14.4. The standard InChI is InChI=1S/C27H20FNO4/c28-24-11-9-17(10-12-26(31)32)13-25(24)29-27(33)23-15-20(14-18-5-1-4-8-22(18)23)21-7-3-2-6-19(21)16-30/h1-15,30H,16H2,(H,29,33)(H,31,32)/b12-10+. The lowest BCUT2D eigenvalue weighted by atomic mass is 9.94. The molecule has 33 heavy (non-hydrogen) atoms. The van der Waals surface area contributed by atoms with Crippen molar-refractivity contribution in [2.24, 2.45) is 0 Å². The van der Waals surface area contributed by atoms with Gasteiger partial charge in [0.1, 0.15) is 5.82 Å². The van der Waals surface area contributed by atoms with Gasteiger partial charge in [0, 0.05) is 11.6 Å². The molecule has 4 aromatic carbocycles. The third kappa shape index (κ3) is 4.81. The number of rotatable bonds is 6. The molecule has 164 valence electrons. The minimum absolute atomic E-state index is 0.0576. The van der Waals surface area contributed by atoms with Crippen LogP contribution in [0.5, 0.6) is 0 Å². The summed E-state index contributed by atoms with van der Waals surface area (Å²) >= 11 is 0. The number of halogens is 1. The Morgan fingerprint density at radius 1 is 0.939 bits per heavy atom. The van der Waals surface area contributed by atoms with Crippen molar-refractivity contribution in [3.05, 3.63) is 107 Å². The molecule has 0 aliphatic carbocycles. The van der Waals surface area contributed by atoms with Gasteiger partial charge in [-0.25, -0.2) is 9.18 Å². The molecule has 6 heteroatoms. The number of hydrogen-bond acceptors (Lipinski definition) is 3. The molecule has 0 heterocycles. The lowest BCUT2D eigenvalue weighted by Crippen LogP contribution is -2.14. The quantitative estimate of drug-likeness (QED) is 0.346. The number of fused-ring (bicyclic) bond motifs is 1. The van der Waals surface area contributed by atoms with Crippen LogP contribution in [-0.4, -0.2) is 22.1 Å². The first-order valence-electron chi connectivity index (χ1n) is 10.2. The van der Waals surface area contributed by atoms with Crippen molar-refractivity contribution in [3.63, 3.8) is 0 Å². The molecule has 4 rings (SSSR count). The van der Waals surface area contributed by atoms with Gasteiger partial charge in [-0.15, -0.1) is 0 Å². The largest absolute Gasteiger partial charge is 0.478 e. The summed E-state index contributed by atoms with van der Waals surface area (Å²) in [7, 11) is 0. The van der Waals surface area contributed by atoms with Gasteiger partial charge in [-0.3, -0.25) is 4.79 Å². The molecule has 4 aromatic rings. The lowest BCUT2D eigenvalue weighted by Gasteiger charge is -2.14. The summed E-state index contributed by atoms with van der Waals surface area (Å²) in [5, 5.41) is 22.7. The number of carboxylic acids is 1. The summed E-state index contributed by atoms with van der Waals surface area (Å²) in [6.07, 6.45) is 2.26. The van der Waals surface area contributed by atoms with E-state index < -0.39 is 17.7 Å². The van der Waals surface area contributed by atoms with Gasteiger partial charge in [-0.05, 0) is 63.4 Å². The molecular weight excluding hydrogens is 421 g/mol. The van der Waals surface area contributed by atoms with Crippen molar-refractivity contribution in [2.75, 3.05) is 5.32 Å². The van der Waals surface area contributed by atoms with Crippen molar-refractivity contribution in [2.45, 2.75) is 6.61 Å². The van der Waals surface area contributed by atoms with Crippen LogP contribution in [0.25, 0.3) is 28.0 Å². The highest BCUT2D eigenvalue weighted by molar-refractivity contribution is 6.14. The number of aliphatic carboxylic acids is 1. The van der Waals surface area contributed by atoms with Gasteiger partial charge >= 0.3 is 5.97 Å². The van der Waals surface area contributed by atoms with Crippen molar-refractivity contribution in [3.8, 4) is 11.1 Å². The fourth-order valence-electron chi connectivity index (χ4n) is 3.69. The molecule has 0 spiro atoms. The van der Waals surface area contributed by atoms with Gasteiger partial charge in [-0.2, -0.15) is 0 Å². The molecule has 3 N–H and O–H groups in total. The fourth-order valence-corrected chi connectivity index (χ4v) is 3.69. The van der Waals surface area contributed by atoms with Crippen LogP contribution in [0.2, 0.25) is 0 Å². The zero-order valence-corrected chi connectivity index (χ0v) is 17.5. The Labute approximate surface area is 189 Å². The number of benzene rings is 4. The molecular formula is C27H20FNO4. The number of amides is 1. The highest BCUT2D eigenvalue weighted by atomic mass is 19.1. The molecule has 0 atom stereocenters. The first-order valence-corrected chi connectivity index (χ1v) is 10.2. The minimum atomic E-state index is -1.13. The van der Waals surface area contributed by atoms with Crippen molar-refractivity contribution in [1.82, 2.24) is 0 Å². The van der Waals surface area contributed by atoms with Gasteiger partial charge in [0.25, 0.3) is 5.91 Å². The molecule has 0 unspecified atom stereocenters. The number of hydrogen-bond donors (Lipinski definition) is 3. The minimum Gasteiger partial charge on any atom is -0.478 e. The van der Waals surface area contributed by atoms with E-state index >= 15 is 0 Å². The van der Waals surface area contributed by atoms with Crippen LogP contribution in [0.1, 0.15) is 21.5 Å². The zero-order chi connectivity index (χ0) is 23.4. The average Bonchev–Trinajstić information content (AvgIpc) is 2.83. The molecule has 0 bridgehead atoms. The van der Waals surface area contributed by atoms with E-state index in [9.17, 15) is 19.1 Å². The number of carboxylic acid groups (broad SMARTS) is 1. The number of carbonyl (C=O) groups is 2. The topological polar surface area (TPSA) is 86.6 Å². The average molecular weight is 441 g/mol. The Bertz CT molecular complexity index is 1390. The van der Waals surface area contributed by atoms with Gasteiger partial charge in [-0.1, -0.05) is 54.6 Å². The second kappa shape index (κ2) is 9.46. The zero-order valence-electron chi connectivity index (χ0n) is 17.5. The molecule has 0 saturated carbocycles. The third-order valence-corrected chi connectivity index (χ3v) is 5.26. The predicted molar refractivity (Wildman–Crippen MR) is 126 cm³/mol. The van der Waals surface area contributed by atoms with E-state index in [-0.39, 0.29) is 12.3 Å². The number of aliphatic hydroxyl groups is 1.